The van der Waals surface area contributed by atoms with Crippen molar-refractivity contribution < 1.29 is 19.0 Å². The molecule has 0 aliphatic rings. The molecule has 0 bridgehead atoms. The average molecular weight is 362 g/mol. The maximum atomic E-state index is 12.2. The quantitative estimate of drug-likeness (QED) is 0.621. The van der Waals surface area contributed by atoms with Crippen molar-refractivity contribution in [2.45, 2.75) is 6.92 Å². The Hall–Kier alpha value is -2.98. The van der Waals surface area contributed by atoms with Crippen molar-refractivity contribution in [1.29, 1.82) is 5.26 Å². The summed E-state index contributed by atoms with van der Waals surface area (Å²) in [5.74, 6) is 0.634. The highest BCUT2D eigenvalue weighted by Crippen LogP contribution is 2.32. The number of hydrogen-bond acceptors (Lipinski definition) is 7. The van der Waals surface area contributed by atoms with Gasteiger partial charge in [-0.2, -0.15) is 5.26 Å². The third-order valence-electron chi connectivity index (χ3n) is 3.24. The second kappa shape index (κ2) is 8.22. The van der Waals surface area contributed by atoms with Gasteiger partial charge in [-0.3, -0.25) is 0 Å². The highest BCUT2D eigenvalue weighted by Gasteiger charge is 2.18. The monoisotopic (exact) mass is 361 g/mol. The number of carbonyl (C=O) groups excluding carboxylic acids is 1. The van der Waals surface area contributed by atoms with E-state index >= 15 is 0 Å². The van der Waals surface area contributed by atoms with Gasteiger partial charge in [0.1, 0.15) is 22.6 Å². The highest BCUT2D eigenvalue weighted by atomic mass is 35.5. The van der Waals surface area contributed by atoms with Gasteiger partial charge in [0.15, 0.2) is 11.5 Å². The van der Waals surface area contributed by atoms with E-state index in [0.717, 1.165) is 0 Å². The van der Waals surface area contributed by atoms with Crippen molar-refractivity contribution in [1.82, 2.24) is 4.98 Å². The first-order valence-electron chi connectivity index (χ1n) is 7.30. The normalized spacial score (nSPS) is 9.88. The largest absolute Gasteiger partial charge is 0.493 e. The molecular formula is C17H16ClN3O4. The van der Waals surface area contributed by atoms with Crippen LogP contribution in [0.4, 0.5) is 11.5 Å². The minimum absolute atomic E-state index is 0.0153. The maximum Gasteiger partial charge on any atom is 0.341 e. The van der Waals surface area contributed by atoms with Crippen LogP contribution in [0.1, 0.15) is 22.8 Å². The molecule has 1 N–H and O–H groups in total. The Bertz CT molecular complexity index is 833. The molecule has 0 saturated carbocycles. The predicted molar refractivity (Wildman–Crippen MR) is 92.7 cm³/mol. The second-order valence-corrected chi connectivity index (χ2v) is 5.11. The Kier molecular flexibility index (Phi) is 6.03. The molecule has 0 radical (unpaired) electrons. The molecule has 0 amide bonds. The number of nitrogens with one attached hydrogen (secondary N) is 1. The van der Waals surface area contributed by atoms with E-state index in [1.54, 1.807) is 25.1 Å². The lowest BCUT2D eigenvalue weighted by Gasteiger charge is -2.13. The standard InChI is InChI=1S/C17H16ClN3O4/c1-4-25-17(22)12-7-10(9-19)15(18)21-16(12)20-11-5-6-13(23-2)14(8-11)24-3/h5-8H,4H2,1-3H3,(H,20,21). The number of nitriles is 1. The lowest BCUT2D eigenvalue weighted by molar-refractivity contribution is 0.0527. The summed E-state index contributed by atoms with van der Waals surface area (Å²) in [6.07, 6.45) is 0. The van der Waals surface area contributed by atoms with Gasteiger partial charge < -0.3 is 19.5 Å². The molecule has 0 aliphatic carbocycles. The number of nitrogens with zero attached hydrogens (tertiary/aromatic N) is 2. The molecule has 7 nitrogen and oxygen atoms in total. The van der Waals surface area contributed by atoms with Gasteiger partial charge in [-0.25, -0.2) is 9.78 Å². The zero-order valence-electron chi connectivity index (χ0n) is 13.9. The molecule has 0 aliphatic heterocycles. The summed E-state index contributed by atoms with van der Waals surface area (Å²) in [5.41, 5.74) is 0.789. The van der Waals surface area contributed by atoms with E-state index in [-0.39, 0.29) is 28.7 Å². The van der Waals surface area contributed by atoms with Crippen LogP contribution in [0.15, 0.2) is 24.3 Å². The van der Waals surface area contributed by atoms with Gasteiger partial charge in [0.05, 0.1) is 26.4 Å². The number of ether oxygens (including phenoxy) is 3. The molecule has 1 aromatic carbocycles. The molecule has 130 valence electrons. The number of rotatable bonds is 6. The lowest BCUT2D eigenvalue weighted by atomic mass is 10.2. The van der Waals surface area contributed by atoms with Crippen LogP contribution in [0.25, 0.3) is 0 Å². The first-order chi connectivity index (χ1) is 12.0. The van der Waals surface area contributed by atoms with Crippen molar-refractivity contribution in [3.63, 3.8) is 0 Å². The fraction of sp³-hybridized carbons (Fsp3) is 0.235. The molecular weight excluding hydrogens is 346 g/mol. The van der Waals surface area contributed by atoms with Crippen LogP contribution in [0.5, 0.6) is 11.5 Å². The zero-order valence-corrected chi connectivity index (χ0v) is 14.7. The Labute approximate surface area is 150 Å². The SMILES string of the molecule is CCOC(=O)c1cc(C#N)c(Cl)nc1Nc1ccc(OC)c(OC)c1. The third kappa shape index (κ3) is 4.11. The summed E-state index contributed by atoms with van der Waals surface area (Å²) in [5, 5.41) is 12.1. The smallest absolute Gasteiger partial charge is 0.341 e. The van der Waals surface area contributed by atoms with Crippen molar-refractivity contribution in [3.8, 4) is 17.6 Å². The zero-order chi connectivity index (χ0) is 18.4. The average Bonchev–Trinajstić information content (AvgIpc) is 2.62. The molecule has 0 atom stereocenters. The molecule has 0 fully saturated rings. The topological polar surface area (TPSA) is 93.5 Å². The van der Waals surface area contributed by atoms with Gasteiger partial charge >= 0.3 is 5.97 Å². The van der Waals surface area contributed by atoms with Crippen molar-refractivity contribution in [2.75, 3.05) is 26.1 Å². The molecule has 2 rings (SSSR count). The summed E-state index contributed by atoms with van der Waals surface area (Å²) >= 11 is 5.99. The Balaban J connectivity index is 2.46. The Morgan fingerprint density at radius 3 is 2.60 bits per heavy atom. The Morgan fingerprint density at radius 2 is 2.00 bits per heavy atom. The summed E-state index contributed by atoms with van der Waals surface area (Å²) in [4.78, 5) is 16.3. The summed E-state index contributed by atoms with van der Waals surface area (Å²) in [7, 11) is 3.05. The van der Waals surface area contributed by atoms with Crippen LogP contribution in [0.2, 0.25) is 5.15 Å². The first-order valence-corrected chi connectivity index (χ1v) is 7.68. The number of hydrogen-bond donors (Lipinski definition) is 1. The van der Waals surface area contributed by atoms with E-state index in [1.165, 1.54) is 20.3 Å². The molecule has 0 saturated heterocycles. The van der Waals surface area contributed by atoms with Gasteiger partial charge in [-0.1, -0.05) is 11.6 Å². The number of benzene rings is 1. The van der Waals surface area contributed by atoms with Gasteiger partial charge in [0, 0.05) is 11.8 Å². The number of halogens is 1. The fourth-order valence-electron chi connectivity index (χ4n) is 2.08. The van der Waals surface area contributed by atoms with Crippen LogP contribution >= 0.6 is 11.6 Å². The van der Waals surface area contributed by atoms with Gasteiger partial charge in [0.25, 0.3) is 0 Å². The molecule has 0 spiro atoms. The van der Waals surface area contributed by atoms with Gasteiger partial charge in [0.2, 0.25) is 0 Å². The van der Waals surface area contributed by atoms with E-state index < -0.39 is 5.97 Å². The van der Waals surface area contributed by atoms with Crippen molar-refractivity contribution in [3.05, 3.63) is 40.5 Å². The highest BCUT2D eigenvalue weighted by molar-refractivity contribution is 6.30. The van der Waals surface area contributed by atoms with Gasteiger partial charge in [-0.15, -0.1) is 0 Å². The van der Waals surface area contributed by atoms with E-state index in [4.69, 9.17) is 31.1 Å². The number of esters is 1. The van der Waals surface area contributed by atoms with E-state index in [1.807, 2.05) is 6.07 Å². The van der Waals surface area contributed by atoms with E-state index in [2.05, 4.69) is 10.3 Å². The van der Waals surface area contributed by atoms with Crippen LogP contribution in [-0.4, -0.2) is 31.8 Å². The molecule has 25 heavy (non-hydrogen) atoms. The molecule has 0 unspecified atom stereocenters. The van der Waals surface area contributed by atoms with Crippen LogP contribution in [0, 0.1) is 11.3 Å². The maximum absolute atomic E-state index is 12.2. The van der Waals surface area contributed by atoms with E-state index in [9.17, 15) is 4.79 Å². The first kappa shape index (κ1) is 18.4. The van der Waals surface area contributed by atoms with Gasteiger partial charge in [-0.05, 0) is 25.1 Å². The summed E-state index contributed by atoms with van der Waals surface area (Å²) < 4.78 is 15.4. The molecule has 2 aromatic rings. The second-order valence-electron chi connectivity index (χ2n) is 4.75. The number of carbonyl (C=O) groups is 1. The van der Waals surface area contributed by atoms with Crippen molar-refractivity contribution >= 4 is 29.1 Å². The minimum Gasteiger partial charge on any atom is -0.493 e. The summed E-state index contributed by atoms with van der Waals surface area (Å²) in [6.45, 7) is 1.88. The number of anilines is 2. The molecule has 8 heteroatoms. The summed E-state index contributed by atoms with van der Waals surface area (Å²) in [6, 6.07) is 8.35. The number of methoxy groups -OCH3 is 2. The Morgan fingerprint density at radius 1 is 1.28 bits per heavy atom. The lowest BCUT2D eigenvalue weighted by Crippen LogP contribution is -2.10. The van der Waals surface area contributed by atoms with Crippen LogP contribution < -0.4 is 14.8 Å². The van der Waals surface area contributed by atoms with E-state index in [0.29, 0.717) is 17.2 Å². The minimum atomic E-state index is -0.605. The predicted octanol–water partition coefficient (Wildman–Crippen LogP) is 3.54. The van der Waals surface area contributed by atoms with Crippen molar-refractivity contribution in [2.24, 2.45) is 0 Å². The molecule has 1 heterocycles. The van der Waals surface area contributed by atoms with Crippen LogP contribution in [-0.2, 0) is 4.74 Å². The molecule has 1 aromatic heterocycles. The third-order valence-corrected chi connectivity index (χ3v) is 3.53. The van der Waals surface area contributed by atoms with Crippen LogP contribution in [0.3, 0.4) is 0 Å². The number of aromatic nitrogens is 1. The number of pyridine rings is 1. The fourth-order valence-corrected chi connectivity index (χ4v) is 2.26.